The molecule has 0 spiro atoms. The van der Waals surface area contributed by atoms with Gasteiger partial charge in [-0.3, -0.25) is 0 Å². The first-order valence-electron chi connectivity index (χ1n) is 4.40. The van der Waals surface area contributed by atoms with E-state index in [0.717, 1.165) is 18.3 Å². The Hall–Kier alpha value is 0.230. The van der Waals surface area contributed by atoms with Gasteiger partial charge < -0.3 is 15.2 Å². The van der Waals surface area contributed by atoms with Gasteiger partial charge in [-0.15, -0.1) is 0 Å². The van der Waals surface area contributed by atoms with Gasteiger partial charge in [-0.25, -0.2) is 0 Å². The molecule has 1 fully saturated rings. The fourth-order valence-electron chi connectivity index (χ4n) is 1.00. The van der Waals surface area contributed by atoms with Crippen molar-refractivity contribution in [2.24, 2.45) is 5.92 Å². The SMILES string of the molecule is OCCOCCSCC1CNC1. The maximum Gasteiger partial charge on any atom is 0.0698 e. The molecule has 1 aliphatic rings. The molecule has 2 N–H and O–H groups in total. The van der Waals surface area contributed by atoms with Crippen molar-refractivity contribution in [3.63, 3.8) is 0 Å². The van der Waals surface area contributed by atoms with Gasteiger partial charge in [0.15, 0.2) is 0 Å². The molecule has 0 amide bonds. The Morgan fingerprint density at radius 2 is 2.25 bits per heavy atom. The van der Waals surface area contributed by atoms with Crippen molar-refractivity contribution in [3.05, 3.63) is 0 Å². The molecule has 1 aliphatic heterocycles. The van der Waals surface area contributed by atoms with Gasteiger partial charge in [0, 0.05) is 5.75 Å². The zero-order valence-corrected chi connectivity index (χ0v) is 8.11. The van der Waals surface area contributed by atoms with Gasteiger partial charge in [0.2, 0.25) is 0 Å². The molecule has 0 aromatic carbocycles. The quantitative estimate of drug-likeness (QED) is 0.554. The van der Waals surface area contributed by atoms with Crippen LogP contribution in [0.3, 0.4) is 0 Å². The van der Waals surface area contributed by atoms with Crippen LogP contribution in [0.25, 0.3) is 0 Å². The average molecular weight is 191 g/mol. The van der Waals surface area contributed by atoms with E-state index < -0.39 is 0 Å². The molecule has 0 aliphatic carbocycles. The molecule has 0 aromatic rings. The minimum atomic E-state index is 0.136. The van der Waals surface area contributed by atoms with Crippen LogP contribution >= 0.6 is 11.8 Å². The van der Waals surface area contributed by atoms with Crippen LogP contribution in [0, 0.1) is 5.92 Å². The van der Waals surface area contributed by atoms with Crippen molar-refractivity contribution in [2.45, 2.75) is 0 Å². The second-order valence-electron chi connectivity index (χ2n) is 2.94. The third-order valence-electron chi connectivity index (χ3n) is 1.83. The van der Waals surface area contributed by atoms with Crippen molar-refractivity contribution in [3.8, 4) is 0 Å². The Labute approximate surface area is 77.9 Å². The summed E-state index contributed by atoms with van der Waals surface area (Å²) in [5, 5.41) is 11.7. The number of aliphatic hydroxyl groups excluding tert-OH is 1. The minimum Gasteiger partial charge on any atom is -0.394 e. The van der Waals surface area contributed by atoms with Crippen LogP contribution in [-0.4, -0.2) is 49.5 Å². The van der Waals surface area contributed by atoms with E-state index in [4.69, 9.17) is 9.84 Å². The average Bonchev–Trinajstić information content (AvgIpc) is 2.00. The summed E-state index contributed by atoms with van der Waals surface area (Å²) in [7, 11) is 0. The highest BCUT2D eigenvalue weighted by Crippen LogP contribution is 2.11. The van der Waals surface area contributed by atoms with Crippen LogP contribution in [0.2, 0.25) is 0 Å². The lowest BCUT2D eigenvalue weighted by molar-refractivity contribution is 0.103. The van der Waals surface area contributed by atoms with Gasteiger partial charge in [-0.05, 0) is 24.8 Å². The lowest BCUT2D eigenvalue weighted by Gasteiger charge is -2.26. The standard InChI is InChI=1S/C8H17NO2S/c10-1-2-11-3-4-12-7-8-5-9-6-8/h8-10H,1-7H2. The van der Waals surface area contributed by atoms with Crippen molar-refractivity contribution in [1.29, 1.82) is 0 Å². The first-order valence-corrected chi connectivity index (χ1v) is 5.56. The lowest BCUT2D eigenvalue weighted by atomic mass is 10.1. The summed E-state index contributed by atoms with van der Waals surface area (Å²) in [6.45, 7) is 3.75. The first kappa shape index (κ1) is 10.3. The van der Waals surface area contributed by atoms with E-state index in [0.29, 0.717) is 6.61 Å². The number of rotatable bonds is 7. The molecule has 72 valence electrons. The topological polar surface area (TPSA) is 41.5 Å². The Kier molecular flexibility index (Phi) is 5.77. The molecular formula is C8H17NO2S. The number of hydrogen-bond donors (Lipinski definition) is 2. The maximum absolute atomic E-state index is 8.42. The van der Waals surface area contributed by atoms with Crippen LogP contribution in [0.4, 0.5) is 0 Å². The fraction of sp³-hybridized carbons (Fsp3) is 1.00. The fourth-order valence-corrected chi connectivity index (χ4v) is 1.97. The van der Waals surface area contributed by atoms with Crippen LogP contribution in [0.1, 0.15) is 0 Å². The number of aliphatic hydroxyl groups is 1. The molecule has 1 rings (SSSR count). The van der Waals surface area contributed by atoms with Crippen LogP contribution in [-0.2, 0) is 4.74 Å². The Bertz CT molecular complexity index is 109. The van der Waals surface area contributed by atoms with Crippen LogP contribution in [0.15, 0.2) is 0 Å². The molecule has 3 nitrogen and oxygen atoms in total. The molecule has 0 atom stereocenters. The lowest BCUT2D eigenvalue weighted by Crippen LogP contribution is -2.43. The summed E-state index contributed by atoms with van der Waals surface area (Å²) in [6.07, 6.45) is 0. The van der Waals surface area contributed by atoms with Crippen molar-refractivity contribution in [1.82, 2.24) is 5.32 Å². The maximum atomic E-state index is 8.42. The third kappa shape index (κ3) is 4.30. The van der Waals surface area contributed by atoms with E-state index in [1.54, 1.807) is 0 Å². The highest BCUT2D eigenvalue weighted by atomic mass is 32.2. The van der Waals surface area contributed by atoms with E-state index in [9.17, 15) is 0 Å². The van der Waals surface area contributed by atoms with Gasteiger partial charge in [0.05, 0.1) is 19.8 Å². The van der Waals surface area contributed by atoms with E-state index in [2.05, 4.69) is 5.32 Å². The molecule has 0 aromatic heterocycles. The zero-order chi connectivity index (χ0) is 8.65. The van der Waals surface area contributed by atoms with E-state index >= 15 is 0 Å². The Balaban J connectivity index is 1.70. The van der Waals surface area contributed by atoms with Crippen molar-refractivity contribution in [2.75, 3.05) is 44.4 Å². The smallest absolute Gasteiger partial charge is 0.0698 e. The molecule has 0 bridgehead atoms. The predicted octanol–water partition coefficient (Wildman–Crippen LogP) is -0.0521. The molecular weight excluding hydrogens is 174 g/mol. The molecule has 0 unspecified atom stereocenters. The van der Waals surface area contributed by atoms with E-state index in [1.165, 1.54) is 18.8 Å². The Morgan fingerprint density at radius 1 is 1.42 bits per heavy atom. The number of hydrogen-bond acceptors (Lipinski definition) is 4. The number of nitrogens with one attached hydrogen (secondary N) is 1. The van der Waals surface area contributed by atoms with Crippen LogP contribution in [0.5, 0.6) is 0 Å². The van der Waals surface area contributed by atoms with Crippen molar-refractivity contribution >= 4 is 11.8 Å². The zero-order valence-electron chi connectivity index (χ0n) is 7.29. The highest BCUT2D eigenvalue weighted by molar-refractivity contribution is 7.99. The number of thioether (sulfide) groups is 1. The molecule has 1 saturated heterocycles. The van der Waals surface area contributed by atoms with Gasteiger partial charge in [0.1, 0.15) is 0 Å². The predicted molar refractivity (Wildman–Crippen MR) is 51.6 cm³/mol. The van der Waals surface area contributed by atoms with E-state index in [1.807, 2.05) is 11.8 Å². The molecule has 0 saturated carbocycles. The first-order chi connectivity index (χ1) is 5.93. The van der Waals surface area contributed by atoms with Gasteiger partial charge in [0.25, 0.3) is 0 Å². The van der Waals surface area contributed by atoms with Gasteiger partial charge in [-0.1, -0.05) is 0 Å². The molecule has 0 radical (unpaired) electrons. The second-order valence-corrected chi connectivity index (χ2v) is 4.08. The summed E-state index contributed by atoms with van der Waals surface area (Å²) in [5.41, 5.74) is 0. The highest BCUT2D eigenvalue weighted by Gasteiger charge is 2.15. The monoisotopic (exact) mass is 191 g/mol. The van der Waals surface area contributed by atoms with E-state index in [-0.39, 0.29) is 6.61 Å². The second kappa shape index (κ2) is 6.71. The summed E-state index contributed by atoms with van der Waals surface area (Å²) in [6, 6.07) is 0. The summed E-state index contributed by atoms with van der Waals surface area (Å²) < 4.78 is 5.13. The molecule has 12 heavy (non-hydrogen) atoms. The van der Waals surface area contributed by atoms with Crippen molar-refractivity contribution < 1.29 is 9.84 Å². The van der Waals surface area contributed by atoms with Gasteiger partial charge >= 0.3 is 0 Å². The summed E-state index contributed by atoms with van der Waals surface area (Å²) in [5.74, 6) is 3.18. The van der Waals surface area contributed by atoms with Crippen LogP contribution < -0.4 is 5.32 Å². The van der Waals surface area contributed by atoms with Gasteiger partial charge in [-0.2, -0.15) is 11.8 Å². The molecule has 4 heteroatoms. The summed E-state index contributed by atoms with van der Waals surface area (Å²) >= 11 is 1.94. The Morgan fingerprint density at radius 3 is 2.83 bits per heavy atom. The minimum absolute atomic E-state index is 0.136. The largest absolute Gasteiger partial charge is 0.394 e. The number of ether oxygens (including phenoxy) is 1. The molecule has 1 heterocycles. The third-order valence-corrected chi connectivity index (χ3v) is 2.99. The normalized spacial score (nSPS) is 17.8. The summed E-state index contributed by atoms with van der Waals surface area (Å²) in [4.78, 5) is 0.